The molecule has 0 spiro atoms. The molecule has 1 aliphatic rings. The molecule has 3 N–H and O–H groups in total. The number of aliphatic hydroxyl groups excluding tert-OH is 1. The molecule has 108 valence electrons. The lowest BCUT2D eigenvalue weighted by molar-refractivity contribution is -0.121. The fourth-order valence-corrected chi connectivity index (χ4v) is 2.63. The first-order valence-corrected chi connectivity index (χ1v) is 6.85. The topological polar surface area (TPSA) is 86.6 Å². The van der Waals surface area contributed by atoms with Crippen LogP contribution in [-0.2, 0) is 11.2 Å². The van der Waals surface area contributed by atoms with Crippen LogP contribution in [0.3, 0.4) is 0 Å². The van der Waals surface area contributed by atoms with E-state index in [1.165, 1.54) is 6.07 Å². The molecule has 1 aliphatic carbocycles. The Labute approximate surface area is 117 Å². The van der Waals surface area contributed by atoms with E-state index in [0.29, 0.717) is 12.0 Å². The molecular formula is C15H19NO4. The normalized spacial score (nSPS) is 22.2. The zero-order valence-corrected chi connectivity index (χ0v) is 11.2. The van der Waals surface area contributed by atoms with Crippen molar-refractivity contribution in [1.82, 2.24) is 5.32 Å². The minimum absolute atomic E-state index is 0.0109. The standard InChI is InChI=1S/C15H19NO4/c17-12-6-3-5-11(9-12)16-14(18)8-10-4-1-2-7-13(10)15(19)20/h1-2,4,7,11-12,17H,3,5-6,8-9H2,(H,16,18)(H,19,20). The maximum atomic E-state index is 12.0. The molecule has 1 aromatic rings. The summed E-state index contributed by atoms with van der Waals surface area (Å²) in [5, 5.41) is 21.5. The SMILES string of the molecule is O=C(Cc1ccccc1C(=O)O)NC1CCCC(O)C1. The maximum absolute atomic E-state index is 12.0. The molecule has 0 radical (unpaired) electrons. The number of hydrogen-bond donors (Lipinski definition) is 3. The van der Waals surface area contributed by atoms with Crippen LogP contribution >= 0.6 is 0 Å². The van der Waals surface area contributed by atoms with Gasteiger partial charge in [0.15, 0.2) is 0 Å². The van der Waals surface area contributed by atoms with E-state index in [-0.39, 0.29) is 30.0 Å². The van der Waals surface area contributed by atoms with Gasteiger partial charge in [0.1, 0.15) is 0 Å². The summed E-state index contributed by atoms with van der Waals surface area (Å²) < 4.78 is 0. The van der Waals surface area contributed by atoms with Gasteiger partial charge in [0.2, 0.25) is 5.91 Å². The highest BCUT2D eigenvalue weighted by Gasteiger charge is 2.22. The van der Waals surface area contributed by atoms with Crippen LogP contribution in [0.2, 0.25) is 0 Å². The second kappa shape index (κ2) is 6.52. The molecule has 1 amide bonds. The third kappa shape index (κ3) is 3.81. The Hall–Kier alpha value is -1.88. The first-order valence-electron chi connectivity index (χ1n) is 6.85. The van der Waals surface area contributed by atoms with Gasteiger partial charge in [0.25, 0.3) is 0 Å². The second-order valence-electron chi connectivity index (χ2n) is 5.22. The van der Waals surface area contributed by atoms with Crippen molar-refractivity contribution in [3.05, 3.63) is 35.4 Å². The van der Waals surface area contributed by atoms with Crippen LogP contribution in [0.15, 0.2) is 24.3 Å². The van der Waals surface area contributed by atoms with Gasteiger partial charge < -0.3 is 15.5 Å². The third-order valence-electron chi connectivity index (χ3n) is 3.61. The van der Waals surface area contributed by atoms with E-state index in [2.05, 4.69) is 5.32 Å². The van der Waals surface area contributed by atoms with E-state index < -0.39 is 5.97 Å². The number of aliphatic hydroxyl groups is 1. The Morgan fingerprint density at radius 2 is 2.00 bits per heavy atom. The predicted molar refractivity (Wildman–Crippen MR) is 73.5 cm³/mol. The number of rotatable bonds is 4. The number of nitrogens with one attached hydrogen (secondary N) is 1. The molecule has 20 heavy (non-hydrogen) atoms. The summed E-state index contributed by atoms with van der Waals surface area (Å²) >= 11 is 0. The molecule has 1 aromatic carbocycles. The smallest absolute Gasteiger partial charge is 0.335 e. The minimum atomic E-state index is -1.03. The van der Waals surface area contributed by atoms with E-state index in [0.717, 1.165) is 19.3 Å². The van der Waals surface area contributed by atoms with E-state index in [1.807, 2.05) is 0 Å². The Morgan fingerprint density at radius 1 is 1.25 bits per heavy atom. The lowest BCUT2D eigenvalue weighted by Crippen LogP contribution is -2.40. The largest absolute Gasteiger partial charge is 0.478 e. The number of aromatic carboxylic acids is 1. The van der Waals surface area contributed by atoms with E-state index in [4.69, 9.17) is 5.11 Å². The second-order valence-corrected chi connectivity index (χ2v) is 5.22. The van der Waals surface area contributed by atoms with Crippen LogP contribution in [0.5, 0.6) is 0 Å². The molecule has 0 bridgehead atoms. The molecule has 2 atom stereocenters. The third-order valence-corrected chi connectivity index (χ3v) is 3.61. The summed E-state index contributed by atoms with van der Waals surface area (Å²) in [4.78, 5) is 23.0. The van der Waals surface area contributed by atoms with Crippen LogP contribution < -0.4 is 5.32 Å². The van der Waals surface area contributed by atoms with Crippen LogP contribution in [0.25, 0.3) is 0 Å². The van der Waals surface area contributed by atoms with Crippen LogP contribution in [0.4, 0.5) is 0 Å². The van der Waals surface area contributed by atoms with Crippen LogP contribution in [0, 0.1) is 0 Å². The maximum Gasteiger partial charge on any atom is 0.335 e. The van der Waals surface area contributed by atoms with Crippen molar-refractivity contribution in [2.45, 2.75) is 44.2 Å². The van der Waals surface area contributed by atoms with Gasteiger partial charge in [-0.3, -0.25) is 4.79 Å². The van der Waals surface area contributed by atoms with E-state index >= 15 is 0 Å². The number of carbonyl (C=O) groups is 2. The number of hydrogen-bond acceptors (Lipinski definition) is 3. The molecule has 2 rings (SSSR count). The molecular weight excluding hydrogens is 258 g/mol. The highest BCUT2D eigenvalue weighted by atomic mass is 16.4. The number of carbonyl (C=O) groups excluding carboxylic acids is 1. The zero-order chi connectivity index (χ0) is 14.5. The Morgan fingerprint density at radius 3 is 2.70 bits per heavy atom. The molecule has 1 fully saturated rings. The molecule has 2 unspecified atom stereocenters. The number of amides is 1. The summed E-state index contributed by atoms with van der Waals surface area (Å²) in [6.07, 6.45) is 2.83. The van der Waals surface area contributed by atoms with Gasteiger partial charge in [-0.05, 0) is 37.3 Å². The molecule has 0 heterocycles. The molecule has 5 heteroatoms. The fourth-order valence-electron chi connectivity index (χ4n) is 2.63. The summed E-state index contributed by atoms with van der Waals surface area (Å²) in [7, 11) is 0. The quantitative estimate of drug-likeness (QED) is 0.775. The first-order chi connectivity index (χ1) is 9.56. The zero-order valence-electron chi connectivity index (χ0n) is 11.2. The number of carboxylic acids is 1. The molecule has 0 aromatic heterocycles. The van der Waals surface area contributed by atoms with Crippen molar-refractivity contribution in [2.75, 3.05) is 0 Å². The fraction of sp³-hybridized carbons (Fsp3) is 0.467. The predicted octanol–water partition coefficient (Wildman–Crippen LogP) is 1.35. The monoisotopic (exact) mass is 277 g/mol. The van der Waals surface area contributed by atoms with Gasteiger partial charge in [-0.15, -0.1) is 0 Å². The molecule has 0 aliphatic heterocycles. The number of benzene rings is 1. The van der Waals surface area contributed by atoms with Gasteiger partial charge in [0.05, 0.1) is 18.1 Å². The average Bonchev–Trinajstić information content (AvgIpc) is 2.38. The lowest BCUT2D eigenvalue weighted by Gasteiger charge is -2.26. The lowest BCUT2D eigenvalue weighted by atomic mass is 9.93. The van der Waals surface area contributed by atoms with Gasteiger partial charge >= 0.3 is 5.97 Å². The Balaban J connectivity index is 1.96. The molecule has 5 nitrogen and oxygen atoms in total. The Bertz CT molecular complexity index is 500. The summed E-state index contributed by atoms with van der Waals surface area (Å²) in [6.45, 7) is 0. The summed E-state index contributed by atoms with van der Waals surface area (Å²) in [5.41, 5.74) is 0.667. The van der Waals surface area contributed by atoms with Crippen molar-refractivity contribution in [2.24, 2.45) is 0 Å². The first kappa shape index (κ1) is 14.5. The number of carboxylic acid groups (broad SMARTS) is 1. The van der Waals surface area contributed by atoms with Crippen LogP contribution in [-0.4, -0.2) is 34.2 Å². The summed E-state index contributed by atoms with van der Waals surface area (Å²) in [5.74, 6) is -1.22. The minimum Gasteiger partial charge on any atom is -0.478 e. The van der Waals surface area contributed by atoms with Crippen molar-refractivity contribution >= 4 is 11.9 Å². The van der Waals surface area contributed by atoms with Gasteiger partial charge in [0, 0.05) is 6.04 Å². The van der Waals surface area contributed by atoms with Gasteiger partial charge in [-0.2, -0.15) is 0 Å². The van der Waals surface area contributed by atoms with Gasteiger partial charge in [-0.1, -0.05) is 18.2 Å². The van der Waals surface area contributed by atoms with Crippen molar-refractivity contribution in [3.63, 3.8) is 0 Å². The highest BCUT2D eigenvalue weighted by molar-refractivity contribution is 5.91. The molecule has 1 saturated carbocycles. The highest BCUT2D eigenvalue weighted by Crippen LogP contribution is 2.18. The van der Waals surface area contributed by atoms with Crippen molar-refractivity contribution in [1.29, 1.82) is 0 Å². The van der Waals surface area contributed by atoms with E-state index in [1.54, 1.807) is 18.2 Å². The van der Waals surface area contributed by atoms with Crippen LogP contribution in [0.1, 0.15) is 41.6 Å². The van der Waals surface area contributed by atoms with Crippen molar-refractivity contribution < 1.29 is 19.8 Å². The van der Waals surface area contributed by atoms with Crippen molar-refractivity contribution in [3.8, 4) is 0 Å². The summed E-state index contributed by atoms with van der Waals surface area (Å²) in [6, 6.07) is 6.50. The average molecular weight is 277 g/mol. The van der Waals surface area contributed by atoms with E-state index in [9.17, 15) is 14.7 Å². The Kier molecular flexibility index (Phi) is 4.74. The van der Waals surface area contributed by atoms with Gasteiger partial charge in [-0.25, -0.2) is 4.79 Å². The molecule has 0 saturated heterocycles.